The minimum absolute atomic E-state index is 0.216. The van der Waals surface area contributed by atoms with E-state index in [2.05, 4.69) is 20.6 Å². The van der Waals surface area contributed by atoms with Crippen molar-refractivity contribution < 1.29 is 13.9 Å². The van der Waals surface area contributed by atoms with E-state index in [1.165, 1.54) is 0 Å². The number of nitrogens with zero attached hydrogens (tertiary/aromatic N) is 4. The number of carbonyl (C=O) groups is 1. The van der Waals surface area contributed by atoms with Gasteiger partial charge < -0.3 is 14.5 Å². The molecule has 0 unspecified atom stereocenters. The maximum Gasteiger partial charge on any atom is 0.278 e. The monoisotopic (exact) mass is 451 g/mol. The summed E-state index contributed by atoms with van der Waals surface area (Å²) in [5, 5.41) is 11.4. The van der Waals surface area contributed by atoms with Gasteiger partial charge >= 0.3 is 0 Å². The largest absolute Gasteiger partial charge is 0.496 e. The molecule has 2 aromatic heterocycles. The van der Waals surface area contributed by atoms with Crippen LogP contribution in [0, 0.1) is 20.8 Å². The van der Waals surface area contributed by atoms with Crippen LogP contribution in [0.1, 0.15) is 33.2 Å². The van der Waals surface area contributed by atoms with Crippen LogP contribution in [0.5, 0.6) is 5.75 Å². The summed E-state index contributed by atoms with van der Waals surface area (Å²) in [6, 6.07) is 12.9. The van der Waals surface area contributed by atoms with E-state index in [1.807, 2.05) is 44.2 Å². The molecule has 164 valence electrons. The number of aryl methyl sites for hydroxylation is 2. The second-order valence-electron chi connectivity index (χ2n) is 7.34. The highest BCUT2D eigenvalue weighted by atomic mass is 35.5. The van der Waals surface area contributed by atoms with E-state index in [-0.39, 0.29) is 11.6 Å². The van der Waals surface area contributed by atoms with E-state index in [0.717, 1.165) is 11.1 Å². The lowest BCUT2D eigenvalue weighted by molar-refractivity contribution is 0.102. The average Bonchev–Trinajstić information content (AvgIpc) is 3.33. The topological polar surface area (TPSA) is 95.1 Å². The fourth-order valence-corrected chi connectivity index (χ4v) is 3.56. The zero-order valence-corrected chi connectivity index (χ0v) is 18.9. The molecule has 0 saturated carbocycles. The Morgan fingerprint density at radius 3 is 2.72 bits per heavy atom. The van der Waals surface area contributed by atoms with Gasteiger partial charge in [0.2, 0.25) is 5.89 Å². The maximum atomic E-state index is 12.7. The predicted octanol–water partition coefficient (Wildman–Crippen LogP) is 4.82. The van der Waals surface area contributed by atoms with Gasteiger partial charge in [0.05, 0.1) is 35.6 Å². The zero-order valence-electron chi connectivity index (χ0n) is 18.1. The van der Waals surface area contributed by atoms with Crippen molar-refractivity contribution in [2.24, 2.45) is 0 Å². The van der Waals surface area contributed by atoms with Gasteiger partial charge in [-0.25, -0.2) is 9.67 Å². The lowest BCUT2D eigenvalue weighted by Gasteiger charge is -2.07. The maximum absolute atomic E-state index is 12.7. The molecular weight excluding hydrogens is 430 g/mol. The minimum atomic E-state index is -0.383. The van der Waals surface area contributed by atoms with Crippen LogP contribution in [0.25, 0.3) is 11.5 Å². The van der Waals surface area contributed by atoms with Crippen molar-refractivity contribution in [3.8, 4) is 17.2 Å². The summed E-state index contributed by atoms with van der Waals surface area (Å²) in [7, 11) is 1.60. The molecule has 0 aliphatic rings. The summed E-state index contributed by atoms with van der Waals surface area (Å²) in [4.78, 5) is 17.3. The van der Waals surface area contributed by atoms with Gasteiger partial charge in [-0.3, -0.25) is 4.79 Å². The number of para-hydroxylation sites is 1. The Morgan fingerprint density at radius 2 is 1.97 bits per heavy atom. The van der Waals surface area contributed by atoms with Gasteiger partial charge in [0.15, 0.2) is 5.69 Å². The quantitative estimate of drug-likeness (QED) is 0.451. The Hall–Kier alpha value is -3.65. The van der Waals surface area contributed by atoms with Gasteiger partial charge in [-0.1, -0.05) is 35.0 Å². The number of methoxy groups -OCH3 is 1. The summed E-state index contributed by atoms with van der Waals surface area (Å²) in [5.74, 6) is 1.40. The molecule has 0 aliphatic carbocycles. The molecule has 8 nitrogen and oxygen atoms in total. The third kappa shape index (κ3) is 4.22. The third-order valence-corrected chi connectivity index (χ3v) is 5.41. The van der Waals surface area contributed by atoms with Crippen LogP contribution >= 0.6 is 11.6 Å². The molecule has 2 heterocycles. The number of hydrogen-bond donors (Lipinski definition) is 1. The molecule has 0 fully saturated rings. The summed E-state index contributed by atoms with van der Waals surface area (Å²) in [5.41, 5.74) is 3.79. The number of carbonyl (C=O) groups excluding carboxylic acids is 1. The number of nitrogens with one attached hydrogen (secondary N) is 1. The van der Waals surface area contributed by atoms with Crippen molar-refractivity contribution in [1.82, 2.24) is 20.0 Å². The number of oxazole rings is 1. The molecule has 4 rings (SSSR count). The first kappa shape index (κ1) is 21.6. The first-order chi connectivity index (χ1) is 15.4. The van der Waals surface area contributed by atoms with Gasteiger partial charge in [-0.15, -0.1) is 5.10 Å². The predicted molar refractivity (Wildman–Crippen MR) is 121 cm³/mol. The van der Waals surface area contributed by atoms with Crippen LogP contribution in [0.2, 0.25) is 5.02 Å². The standard InChI is InChI=1S/C23H22ClN5O3/c1-13-9-10-18(17(24)11-13)25-22(30)21-14(2)29(28-27-21)12-19-15(3)32-23(26-19)16-7-5-6-8-20(16)31-4/h5-11H,12H2,1-4H3,(H,25,30). The summed E-state index contributed by atoms with van der Waals surface area (Å²) in [6.45, 7) is 5.85. The first-order valence-corrected chi connectivity index (χ1v) is 10.3. The fourth-order valence-electron chi connectivity index (χ4n) is 3.28. The van der Waals surface area contributed by atoms with E-state index in [4.69, 9.17) is 20.8 Å². The summed E-state index contributed by atoms with van der Waals surface area (Å²) < 4.78 is 12.9. The number of anilines is 1. The van der Waals surface area contributed by atoms with Crippen LogP contribution in [0.15, 0.2) is 46.9 Å². The molecule has 32 heavy (non-hydrogen) atoms. The number of halogens is 1. The van der Waals surface area contributed by atoms with E-state index < -0.39 is 0 Å². The second kappa shape index (κ2) is 8.84. The first-order valence-electron chi connectivity index (χ1n) is 9.94. The molecule has 0 atom stereocenters. The van der Waals surface area contributed by atoms with Crippen molar-refractivity contribution >= 4 is 23.2 Å². The highest BCUT2D eigenvalue weighted by molar-refractivity contribution is 6.34. The molecule has 2 aromatic carbocycles. The van der Waals surface area contributed by atoms with E-state index in [9.17, 15) is 4.79 Å². The van der Waals surface area contributed by atoms with Crippen LogP contribution in [-0.2, 0) is 6.54 Å². The van der Waals surface area contributed by atoms with Crippen molar-refractivity contribution in [2.45, 2.75) is 27.3 Å². The molecule has 0 bridgehead atoms. The van der Waals surface area contributed by atoms with Crippen molar-refractivity contribution in [3.05, 3.63) is 75.9 Å². The van der Waals surface area contributed by atoms with E-state index in [1.54, 1.807) is 30.8 Å². The van der Waals surface area contributed by atoms with Gasteiger partial charge in [0.25, 0.3) is 5.91 Å². The molecular formula is C23H22ClN5O3. The molecule has 0 saturated heterocycles. The lowest BCUT2D eigenvalue weighted by Crippen LogP contribution is -2.15. The highest BCUT2D eigenvalue weighted by Crippen LogP contribution is 2.30. The fraction of sp³-hybridized carbons (Fsp3) is 0.217. The Morgan fingerprint density at radius 1 is 1.19 bits per heavy atom. The highest BCUT2D eigenvalue weighted by Gasteiger charge is 2.20. The minimum Gasteiger partial charge on any atom is -0.496 e. The van der Waals surface area contributed by atoms with Gasteiger partial charge in [0, 0.05) is 0 Å². The lowest BCUT2D eigenvalue weighted by atomic mass is 10.2. The number of aromatic nitrogens is 4. The van der Waals surface area contributed by atoms with Crippen LogP contribution in [0.4, 0.5) is 5.69 Å². The molecule has 1 N–H and O–H groups in total. The van der Waals surface area contributed by atoms with Crippen LogP contribution in [0.3, 0.4) is 0 Å². The normalized spacial score (nSPS) is 10.9. The number of ether oxygens (including phenoxy) is 1. The Kier molecular flexibility index (Phi) is 5.96. The summed E-state index contributed by atoms with van der Waals surface area (Å²) >= 11 is 6.22. The summed E-state index contributed by atoms with van der Waals surface area (Å²) in [6.07, 6.45) is 0. The zero-order chi connectivity index (χ0) is 22.8. The molecule has 0 spiro atoms. The van der Waals surface area contributed by atoms with Gasteiger partial charge in [-0.05, 0) is 50.6 Å². The second-order valence-corrected chi connectivity index (χ2v) is 7.75. The van der Waals surface area contributed by atoms with Crippen molar-refractivity contribution in [2.75, 3.05) is 12.4 Å². The van der Waals surface area contributed by atoms with Crippen molar-refractivity contribution in [1.29, 1.82) is 0 Å². The molecule has 9 heteroatoms. The number of hydrogen-bond acceptors (Lipinski definition) is 6. The van der Waals surface area contributed by atoms with Crippen molar-refractivity contribution in [3.63, 3.8) is 0 Å². The number of rotatable bonds is 6. The Bertz CT molecular complexity index is 1290. The van der Waals surface area contributed by atoms with Gasteiger partial charge in [-0.2, -0.15) is 0 Å². The molecule has 4 aromatic rings. The van der Waals surface area contributed by atoms with E-state index >= 15 is 0 Å². The van der Waals surface area contributed by atoms with Crippen LogP contribution < -0.4 is 10.1 Å². The van der Waals surface area contributed by atoms with E-state index in [0.29, 0.717) is 46.0 Å². The molecule has 1 amide bonds. The average molecular weight is 452 g/mol. The smallest absolute Gasteiger partial charge is 0.278 e. The number of benzene rings is 2. The number of amides is 1. The SMILES string of the molecule is COc1ccccc1-c1nc(Cn2nnc(C(=O)Nc3ccc(C)cc3Cl)c2C)c(C)o1. The molecule has 0 aliphatic heterocycles. The van der Waals surface area contributed by atoms with Crippen LogP contribution in [-0.4, -0.2) is 33.0 Å². The Labute approximate surface area is 190 Å². The third-order valence-electron chi connectivity index (χ3n) is 5.10. The molecule has 0 radical (unpaired) electrons. The Balaban J connectivity index is 1.55. The van der Waals surface area contributed by atoms with Gasteiger partial charge in [0.1, 0.15) is 17.2 Å².